The average molecular weight is 1350 g/mol. The minimum Gasteiger partial charge on any atom is -0.495 e. The van der Waals surface area contributed by atoms with Crippen molar-refractivity contribution in [3.05, 3.63) is 76.3 Å². The fraction of sp³-hybridized carbons (Fsp3) is 0.676. The normalized spacial score (nSPS) is 25.7. The first-order chi connectivity index (χ1) is 43.6. The highest BCUT2D eigenvalue weighted by Crippen LogP contribution is 2.50. The molecule has 2 aromatic rings. The number of benzene rings is 2. The summed E-state index contributed by atoms with van der Waals surface area (Å²) >= 11 is 8.07. The van der Waals surface area contributed by atoms with Crippen LogP contribution in [0.1, 0.15) is 167 Å². The molecule has 4 heterocycles. The molecule has 514 valence electrons. The Labute approximate surface area is 555 Å². The molecule has 3 unspecified atom stereocenters. The van der Waals surface area contributed by atoms with Gasteiger partial charge in [-0.05, 0) is 81.8 Å². The van der Waals surface area contributed by atoms with Crippen LogP contribution in [0.4, 0.5) is 16.2 Å². The van der Waals surface area contributed by atoms with Crippen LogP contribution in [-0.4, -0.2) is 177 Å². The Morgan fingerprint density at radius 2 is 1.49 bits per heavy atom. The quantitative estimate of drug-likeness (QED) is 0.0147. The number of likely N-dealkylation sites (N-methyl/N-ethyl adjacent to an activating group) is 2. The lowest BCUT2D eigenvalue weighted by Crippen LogP contribution is -2.63. The first-order valence-corrected chi connectivity index (χ1v) is 35.9. The molecule has 0 spiro atoms. The van der Waals surface area contributed by atoms with Gasteiger partial charge in [0, 0.05) is 52.1 Å². The molecule has 5 amide bonds. The van der Waals surface area contributed by atoms with Gasteiger partial charge in [0.1, 0.15) is 53.9 Å². The van der Waals surface area contributed by atoms with Gasteiger partial charge in [0.25, 0.3) is 0 Å². The number of allylic oxidation sites excluding steroid dienone is 3. The number of methoxy groups -OCH3 is 2. The molecule has 0 saturated carbocycles. The van der Waals surface area contributed by atoms with Crippen LogP contribution in [0, 0.1) is 5.92 Å². The number of aliphatic hydroxyl groups is 1. The van der Waals surface area contributed by atoms with E-state index in [1.165, 1.54) is 125 Å². The Kier molecular flexibility index (Phi) is 29.6. The van der Waals surface area contributed by atoms with E-state index in [2.05, 4.69) is 5.32 Å². The van der Waals surface area contributed by atoms with Crippen molar-refractivity contribution in [1.29, 1.82) is 0 Å². The number of hydrogen-bond acceptors (Lipinski definition) is 16. The van der Waals surface area contributed by atoms with E-state index in [4.69, 9.17) is 44.3 Å². The summed E-state index contributed by atoms with van der Waals surface area (Å²) in [6.45, 7) is 7.96. The second-order valence-corrected chi connectivity index (χ2v) is 29.6. The van der Waals surface area contributed by atoms with E-state index in [0.29, 0.717) is 34.6 Å². The van der Waals surface area contributed by atoms with Crippen molar-refractivity contribution < 1.29 is 80.5 Å². The van der Waals surface area contributed by atoms with Gasteiger partial charge < -0.3 is 48.0 Å². The molecule has 92 heavy (non-hydrogen) atoms. The van der Waals surface area contributed by atoms with Gasteiger partial charge in [0.2, 0.25) is 23.6 Å². The summed E-state index contributed by atoms with van der Waals surface area (Å²) < 4.78 is 52.4. The fourth-order valence-corrected chi connectivity index (χ4v) is 14.2. The van der Waals surface area contributed by atoms with Crippen LogP contribution in [0.5, 0.6) is 5.75 Å². The Bertz CT molecular complexity index is 2910. The lowest BCUT2D eigenvalue weighted by molar-refractivity contribution is -0.870. The monoisotopic (exact) mass is 1340 g/mol. The molecule has 0 aliphatic carbocycles. The standard InChI is InChI=1S/C68H103ClN5O16PS/c1-47-29-28-31-57(85-11)68(81)46-55(88-66(80)70-68)48(2)63-67(4,90-63)58(45-60(76)72(6)53-42-51(41-47)43-54(84-10)62(53)69)89-65(79)49(3)71(5)59(75)36-40-92-56-44-61(77)73(64(56)78)52-34-32-50(33-35-52)30-26-24-22-20-18-16-14-12-13-15-17-19-21-23-25-27-38-86-91(82,83)87-39-37-74(7,8)9/h28-29,31-35,42-43,48-49,55-58,63,81H,12-27,30,36-41,44-46H2,1-11H3,(H-,70,80,82,83)/p+1/b31-28+,47-29+/t48-,49+,55+,56?,57-,58+,63?,67+,68+/m1/s1. The first kappa shape index (κ1) is 76.2. The maximum absolute atomic E-state index is 14.4. The van der Waals surface area contributed by atoms with E-state index in [1.807, 2.05) is 58.4 Å². The van der Waals surface area contributed by atoms with Gasteiger partial charge in [-0.25, -0.2) is 19.1 Å². The molecule has 0 aromatic heterocycles. The van der Waals surface area contributed by atoms with Gasteiger partial charge in [-0.3, -0.25) is 33.5 Å². The van der Waals surface area contributed by atoms with Gasteiger partial charge >= 0.3 is 19.9 Å². The van der Waals surface area contributed by atoms with Crippen molar-refractivity contribution in [1.82, 2.24) is 10.2 Å². The van der Waals surface area contributed by atoms with Crippen molar-refractivity contribution in [2.24, 2.45) is 5.92 Å². The van der Waals surface area contributed by atoms with Gasteiger partial charge in [-0.1, -0.05) is 144 Å². The number of carbonyl (C=O) groups excluding carboxylic acids is 6. The number of ether oxygens (including phenoxy) is 5. The van der Waals surface area contributed by atoms with Gasteiger partial charge in [0.15, 0.2) is 5.72 Å². The summed E-state index contributed by atoms with van der Waals surface area (Å²) in [4.78, 5) is 96.1. The molecule has 24 heteroatoms. The number of quaternary nitrogens is 1. The van der Waals surface area contributed by atoms with Crippen molar-refractivity contribution in [3.63, 3.8) is 0 Å². The van der Waals surface area contributed by atoms with E-state index in [1.54, 1.807) is 45.2 Å². The lowest BCUT2D eigenvalue weighted by Gasteiger charge is -2.42. The summed E-state index contributed by atoms with van der Waals surface area (Å²) in [5, 5.41) is 13.9. The number of alkyl carbamates (subject to hydrolysis) is 1. The number of unbranched alkanes of at least 4 members (excludes halogenated alkanes) is 15. The number of amides is 5. The second kappa shape index (κ2) is 35.8. The molecule has 10 atom stereocenters. The van der Waals surface area contributed by atoms with Gasteiger partial charge in [-0.15, -0.1) is 11.8 Å². The molecule has 0 radical (unpaired) electrons. The summed E-state index contributed by atoms with van der Waals surface area (Å²) in [6, 6.07) is 10.0. The lowest BCUT2D eigenvalue weighted by atomic mass is 9.83. The summed E-state index contributed by atoms with van der Waals surface area (Å²) in [5.74, 6) is -2.39. The minimum atomic E-state index is -3.97. The highest BCUT2D eigenvalue weighted by molar-refractivity contribution is 8.00. The summed E-state index contributed by atoms with van der Waals surface area (Å²) in [6.07, 6.45) is 20.1. The second-order valence-electron chi connectivity index (χ2n) is 26.5. The first-order valence-electron chi connectivity index (χ1n) is 32.9. The van der Waals surface area contributed by atoms with E-state index < -0.39 is 84.7 Å². The Hall–Kier alpha value is -4.87. The Balaban J connectivity index is 0.903. The smallest absolute Gasteiger partial charge is 0.472 e. The number of carbonyl (C=O) groups is 6. The van der Waals surface area contributed by atoms with Crippen LogP contribution in [0.2, 0.25) is 5.02 Å². The average Bonchev–Trinajstić information content (AvgIpc) is 1.59. The molecule has 6 rings (SSSR count). The van der Waals surface area contributed by atoms with Crippen LogP contribution in [-0.2, 0) is 69.4 Å². The van der Waals surface area contributed by atoms with Crippen molar-refractivity contribution in [2.45, 2.75) is 216 Å². The minimum absolute atomic E-state index is 0.00299. The molecule has 2 aromatic carbocycles. The number of phosphoric acid groups is 1. The van der Waals surface area contributed by atoms with E-state index in [0.717, 1.165) is 55.2 Å². The number of rotatable bonds is 34. The number of fused-ring (bicyclic) bond motifs is 5. The summed E-state index contributed by atoms with van der Waals surface area (Å²) in [5.41, 5.74) is 0.516. The van der Waals surface area contributed by atoms with E-state index in [-0.39, 0.29) is 61.5 Å². The number of hydrogen-bond donors (Lipinski definition) is 3. The number of epoxide rings is 1. The number of anilines is 2. The Morgan fingerprint density at radius 1 is 0.891 bits per heavy atom. The number of halogens is 1. The highest BCUT2D eigenvalue weighted by atomic mass is 35.5. The van der Waals surface area contributed by atoms with Gasteiger partial charge in [-0.2, -0.15) is 0 Å². The molecular weight excluding hydrogens is 1240 g/mol. The zero-order valence-electron chi connectivity index (χ0n) is 56.3. The third kappa shape index (κ3) is 22.6. The molecule has 3 N–H and O–H groups in total. The maximum atomic E-state index is 14.4. The molecule has 4 aliphatic rings. The predicted octanol–water partition coefficient (Wildman–Crippen LogP) is 11.6. The van der Waals surface area contributed by atoms with Crippen LogP contribution in [0.15, 0.2) is 60.2 Å². The van der Waals surface area contributed by atoms with Crippen LogP contribution >= 0.6 is 31.2 Å². The SMILES string of the molecule is COc1cc2cc(c1Cl)N(C)C(=O)C[C@H](OC(=O)[C@H](C)N(C)C(=O)CCSC1CC(=O)N(c3ccc(CCCCCCCCCCCCCCCCCCOP(=O)(O)OCC[N+](C)(C)C)cc3)C1=O)[C@]1(C)OC1[C@H](C)[C@@H]1C[C@@](O)(NC(=O)O1)[C@H](OC)/C=C/C=C(\C)C2. The van der Waals surface area contributed by atoms with E-state index >= 15 is 0 Å². The van der Waals surface area contributed by atoms with Crippen LogP contribution < -0.4 is 19.9 Å². The molecule has 4 bridgehead atoms. The van der Waals surface area contributed by atoms with Crippen molar-refractivity contribution in [2.75, 3.05) is 84.8 Å². The number of imide groups is 1. The number of nitrogens with zero attached hydrogens (tertiary/aromatic N) is 4. The number of nitrogens with one attached hydrogen (secondary N) is 1. The van der Waals surface area contributed by atoms with E-state index in [9.17, 15) is 43.3 Å². The molecular formula is C68H104ClN5O16PS+. The Morgan fingerprint density at radius 3 is 2.09 bits per heavy atom. The molecule has 21 nitrogen and oxygen atoms in total. The zero-order chi connectivity index (χ0) is 67.4. The van der Waals surface area contributed by atoms with Crippen LogP contribution in [0.25, 0.3) is 0 Å². The maximum Gasteiger partial charge on any atom is 0.472 e. The topological polar surface area (TPSA) is 250 Å². The zero-order valence-corrected chi connectivity index (χ0v) is 58.7. The molecule has 3 saturated heterocycles. The number of esters is 1. The fourth-order valence-electron chi connectivity index (χ4n) is 12.1. The third-order valence-electron chi connectivity index (χ3n) is 18.1. The summed E-state index contributed by atoms with van der Waals surface area (Å²) in [7, 11) is 7.96. The molecule has 4 aliphatic heterocycles. The third-order valence-corrected chi connectivity index (χ3v) is 20.7. The van der Waals surface area contributed by atoms with Crippen molar-refractivity contribution in [3.8, 4) is 5.75 Å². The largest absolute Gasteiger partial charge is 0.495 e. The predicted molar refractivity (Wildman–Crippen MR) is 358 cm³/mol. The number of phosphoric ester groups is 1. The van der Waals surface area contributed by atoms with Crippen molar-refractivity contribution >= 4 is 78.3 Å². The number of thioether (sulfide) groups is 1. The van der Waals surface area contributed by atoms with Crippen LogP contribution in [0.3, 0.4) is 0 Å². The highest BCUT2D eigenvalue weighted by Gasteiger charge is 2.64. The number of aryl methyl sites for hydroxylation is 1. The van der Waals surface area contributed by atoms with Gasteiger partial charge in [0.05, 0.1) is 64.0 Å². The molecule has 3 fully saturated rings.